The molecule has 172 valence electrons. The summed E-state index contributed by atoms with van der Waals surface area (Å²) >= 11 is 0. The molecule has 0 aromatic heterocycles. The fourth-order valence-electron chi connectivity index (χ4n) is 3.44. The number of anilines is 1. The molecule has 1 aliphatic heterocycles. The maximum absolute atomic E-state index is 14.0. The van der Waals surface area contributed by atoms with Crippen LogP contribution < -0.4 is 4.31 Å². The number of carbonyl (C=O) groups excluding carboxylic acids is 2. The van der Waals surface area contributed by atoms with Crippen molar-refractivity contribution in [2.75, 3.05) is 43.3 Å². The number of ether oxygens (including phenoxy) is 1. The molecule has 1 fully saturated rings. The number of amides is 2. The van der Waals surface area contributed by atoms with Gasteiger partial charge in [0, 0.05) is 37.3 Å². The van der Waals surface area contributed by atoms with E-state index in [1.165, 1.54) is 30.3 Å². The van der Waals surface area contributed by atoms with Crippen LogP contribution in [0, 0.1) is 5.82 Å². The van der Waals surface area contributed by atoms with E-state index in [0.29, 0.717) is 44.0 Å². The molecule has 1 saturated heterocycles. The van der Waals surface area contributed by atoms with Crippen molar-refractivity contribution in [2.24, 2.45) is 0 Å². The molecule has 0 aliphatic carbocycles. The van der Waals surface area contributed by atoms with Crippen molar-refractivity contribution in [1.82, 2.24) is 9.80 Å². The van der Waals surface area contributed by atoms with Crippen molar-refractivity contribution in [3.05, 3.63) is 65.5 Å². The maximum Gasteiger partial charge on any atom is 0.409 e. The highest BCUT2D eigenvalue weighted by molar-refractivity contribution is 7.92. The summed E-state index contributed by atoms with van der Waals surface area (Å²) in [6.45, 7) is 3.40. The van der Waals surface area contributed by atoms with Crippen LogP contribution in [0.25, 0.3) is 0 Å². The first-order valence-corrected chi connectivity index (χ1v) is 12.1. The molecule has 0 atom stereocenters. The number of hydrogen-bond acceptors (Lipinski definition) is 5. The summed E-state index contributed by atoms with van der Waals surface area (Å²) in [7, 11) is -3.68. The molecule has 2 amide bonds. The van der Waals surface area contributed by atoms with Crippen LogP contribution in [0.5, 0.6) is 0 Å². The summed E-state index contributed by atoms with van der Waals surface area (Å²) in [5, 5.41) is 0. The first-order chi connectivity index (χ1) is 15.2. The van der Waals surface area contributed by atoms with Gasteiger partial charge in [-0.25, -0.2) is 17.6 Å². The van der Waals surface area contributed by atoms with E-state index in [0.717, 1.165) is 10.6 Å². The summed E-state index contributed by atoms with van der Waals surface area (Å²) in [6.07, 6.45) is 0.662. The van der Waals surface area contributed by atoms with Crippen molar-refractivity contribution < 1.29 is 27.1 Å². The Morgan fingerprint density at radius 1 is 1.00 bits per heavy atom. The monoisotopic (exact) mass is 463 g/mol. The molecule has 10 heteroatoms. The molecular weight excluding hydrogens is 437 g/mol. The third-order valence-corrected chi connectivity index (χ3v) is 6.31. The van der Waals surface area contributed by atoms with Crippen molar-refractivity contribution in [3.63, 3.8) is 0 Å². The van der Waals surface area contributed by atoms with E-state index in [1.807, 2.05) is 0 Å². The second kappa shape index (κ2) is 9.99. The van der Waals surface area contributed by atoms with Crippen molar-refractivity contribution in [3.8, 4) is 0 Å². The van der Waals surface area contributed by atoms with Gasteiger partial charge in [-0.2, -0.15) is 0 Å². The summed E-state index contributed by atoms with van der Waals surface area (Å²) in [5.74, 6) is -0.699. The van der Waals surface area contributed by atoms with Crippen LogP contribution in [0.15, 0.2) is 48.5 Å². The molecule has 32 heavy (non-hydrogen) atoms. The molecule has 0 unspecified atom stereocenters. The molecule has 3 rings (SSSR count). The normalized spacial score (nSPS) is 14.2. The van der Waals surface area contributed by atoms with Crippen LogP contribution in [-0.4, -0.2) is 69.3 Å². The van der Waals surface area contributed by atoms with E-state index in [1.54, 1.807) is 34.9 Å². The van der Waals surface area contributed by atoms with Gasteiger partial charge in [0.1, 0.15) is 5.82 Å². The molecule has 1 aliphatic rings. The van der Waals surface area contributed by atoms with Gasteiger partial charge >= 0.3 is 6.09 Å². The van der Waals surface area contributed by atoms with Crippen LogP contribution in [0.1, 0.15) is 22.8 Å². The van der Waals surface area contributed by atoms with Gasteiger partial charge in [0.05, 0.1) is 25.1 Å². The maximum atomic E-state index is 14.0. The zero-order valence-electron chi connectivity index (χ0n) is 18.0. The van der Waals surface area contributed by atoms with E-state index in [4.69, 9.17) is 4.74 Å². The lowest BCUT2D eigenvalue weighted by atomic mass is 10.1. The van der Waals surface area contributed by atoms with Crippen LogP contribution in [0.3, 0.4) is 0 Å². The number of benzene rings is 2. The smallest absolute Gasteiger partial charge is 0.409 e. The highest BCUT2D eigenvalue weighted by Gasteiger charge is 2.26. The van der Waals surface area contributed by atoms with Crippen LogP contribution in [0.4, 0.5) is 14.9 Å². The highest BCUT2D eigenvalue weighted by Crippen LogP contribution is 2.23. The molecule has 8 nitrogen and oxygen atoms in total. The summed E-state index contributed by atoms with van der Waals surface area (Å²) in [4.78, 5) is 27.8. The second-order valence-electron chi connectivity index (χ2n) is 7.39. The summed E-state index contributed by atoms with van der Waals surface area (Å²) < 4.78 is 44.8. The molecule has 0 N–H and O–H groups in total. The minimum absolute atomic E-state index is 0.158. The number of halogens is 1. The standard InChI is InChI=1S/C22H26FN3O5S/c1-3-31-22(28)25-14-12-24(13-15-25)21(27)17-8-10-19(11-9-17)26(32(2,29)30)16-18-6-4-5-7-20(18)23/h4-11H,3,12-16H2,1-2H3. The Morgan fingerprint density at radius 3 is 2.16 bits per heavy atom. The van der Waals surface area contributed by atoms with Gasteiger partial charge in [-0.1, -0.05) is 18.2 Å². The van der Waals surface area contributed by atoms with E-state index in [-0.39, 0.29) is 24.1 Å². The Bertz CT molecular complexity index is 1070. The minimum Gasteiger partial charge on any atom is -0.450 e. The average molecular weight is 464 g/mol. The number of rotatable bonds is 6. The number of carbonyl (C=O) groups is 2. The summed E-state index contributed by atoms with van der Waals surface area (Å²) in [6, 6.07) is 12.2. The number of sulfonamides is 1. The van der Waals surface area contributed by atoms with Gasteiger partial charge in [-0.05, 0) is 37.3 Å². The van der Waals surface area contributed by atoms with E-state index in [2.05, 4.69) is 0 Å². The molecule has 0 saturated carbocycles. The Labute approximate surface area is 187 Å². The van der Waals surface area contributed by atoms with E-state index >= 15 is 0 Å². The van der Waals surface area contributed by atoms with Gasteiger partial charge in [-0.15, -0.1) is 0 Å². The Kier molecular flexibility index (Phi) is 7.34. The van der Waals surface area contributed by atoms with Gasteiger partial charge < -0.3 is 14.5 Å². The molecule has 2 aromatic carbocycles. The zero-order valence-corrected chi connectivity index (χ0v) is 18.8. The molecule has 0 radical (unpaired) electrons. The van der Waals surface area contributed by atoms with Gasteiger partial charge in [-0.3, -0.25) is 9.10 Å². The van der Waals surface area contributed by atoms with Gasteiger partial charge in [0.2, 0.25) is 10.0 Å². The quantitative estimate of drug-likeness (QED) is 0.658. The SMILES string of the molecule is CCOC(=O)N1CCN(C(=O)c2ccc(N(Cc3ccccc3F)S(C)(=O)=O)cc2)CC1. The fraction of sp³-hybridized carbons (Fsp3) is 0.364. The van der Waals surface area contributed by atoms with Crippen molar-refractivity contribution in [1.29, 1.82) is 0 Å². The minimum atomic E-state index is -3.68. The predicted molar refractivity (Wildman–Crippen MR) is 118 cm³/mol. The van der Waals surface area contributed by atoms with E-state index in [9.17, 15) is 22.4 Å². The molecule has 0 bridgehead atoms. The fourth-order valence-corrected chi connectivity index (χ4v) is 4.32. The van der Waals surface area contributed by atoms with E-state index < -0.39 is 15.8 Å². The molecule has 2 aromatic rings. The van der Waals surface area contributed by atoms with Gasteiger partial charge in [0.25, 0.3) is 5.91 Å². The lowest BCUT2D eigenvalue weighted by Gasteiger charge is -2.34. The number of nitrogens with zero attached hydrogens (tertiary/aromatic N) is 3. The Balaban J connectivity index is 1.71. The predicted octanol–water partition coefficient (Wildman–Crippen LogP) is 2.71. The molecule has 1 heterocycles. The van der Waals surface area contributed by atoms with Crippen molar-refractivity contribution >= 4 is 27.7 Å². The van der Waals surface area contributed by atoms with Gasteiger partial charge in [0.15, 0.2) is 0 Å². The average Bonchev–Trinajstić information content (AvgIpc) is 2.78. The number of piperazine rings is 1. The topological polar surface area (TPSA) is 87.2 Å². The van der Waals surface area contributed by atoms with Crippen LogP contribution in [0.2, 0.25) is 0 Å². The second-order valence-corrected chi connectivity index (χ2v) is 9.29. The molecule has 0 spiro atoms. The first-order valence-electron chi connectivity index (χ1n) is 10.2. The Morgan fingerprint density at radius 2 is 1.59 bits per heavy atom. The zero-order chi connectivity index (χ0) is 23.3. The lowest BCUT2D eigenvalue weighted by Crippen LogP contribution is -2.50. The van der Waals surface area contributed by atoms with Crippen molar-refractivity contribution in [2.45, 2.75) is 13.5 Å². The third kappa shape index (κ3) is 5.56. The number of hydrogen-bond donors (Lipinski definition) is 0. The van der Waals surface area contributed by atoms with Crippen LogP contribution >= 0.6 is 0 Å². The molecular formula is C22H26FN3O5S. The Hall–Kier alpha value is -3.14. The first kappa shape index (κ1) is 23.5. The summed E-state index contributed by atoms with van der Waals surface area (Å²) in [5.41, 5.74) is 0.981. The largest absolute Gasteiger partial charge is 0.450 e. The highest BCUT2D eigenvalue weighted by atomic mass is 32.2. The van der Waals surface area contributed by atoms with Crippen LogP contribution in [-0.2, 0) is 21.3 Å². The lowest BCUT2D eigenvalue weighted by molar-refractivity contribution is 0.0570. The third-order valence-electron chi connectivity index (χ3n) is 5.17.